The molecule has 1 unspecified atom stereocenters. The molecular weight excluding hydrogens is 251 g/mol. The monoisotopic (exact) mass is 268 g/mol. The number of benzene rings is 1. The maximum atomic E-state index is 13.0. The Morgan fingerprint density at radius 1 is 1.28 bits per heavy atom. The van der Waals surface area contributed by atoms with Crippen LogP contribution in [0.1, 0.15) is 42.5 Å². The number of carbonyl (C=O) groups is 1. The summed E-state index contributed by atoms with van der Waals surface area (Å²) >= 11 is 0. The Morgan fingerprint density at radius 3 is 2.67 bits per heavy atom. The predicted octanol–water partition coefficient (Wildman–Crippen LogP) is 3.09. The molecule has 18 heavy (non-hydrogen) atoms. The molecule has 1 aromatic carbocycles. The zero-order chi connectivity index (χ0) is 13.0. The standard InChI is InChI=1S/C14H17FO2S/c15-12-6-4-5-11(9-12)14(16)10-18(17)13-7-2-1-3-8-13/h4-6,9,13H,1-3,7-8,10H2. The number of carbonyl (C=O) groups excluding carboxylic acids is 1. The molecule has 1 fully saturated rings. The number of rotatable bonds is 4. The van der Waals surface area contributed by atoms with Gasteiger partial charge in [0.1, 0.15) is 5.82 Å². The summed E-state index contributed by atoms with van der Waals surface area (Å²) in [6.45, 7) is 0. The van der Waals surface area contributed by atoms with Crippen molar-refractivity contribution in [2.75, 3.05) is 5.75 Å². The van der Waals surface area contributed by atoms with Gasteiger partial charge in [0.05, 0.1) is 5.75 Å². The van der Waals surface area contributed by atoms with Gasteiger partial charge >= 0.3 is 0 Å². The molecule has 1 aromatic rings. The summed E-state index contributed by atoms with van der Waals surface area (Å²) in [7, 11) is -1.12. The highest BCUT2D eigenvalue weighted by Gasteiger charge is 2.22. The van der Waals surface area contributed by atoms with Crippen molar-refractivity contribution in [2.24, 2.45) is 0 Å². The van der Waals surface area contributed by atoms with Gasteiger partial charge in [0, 0.05) is 21.6 Å². The quantitative estimate of drug-likeness (QED) is 0.786. The second-order valence-electron chi connectivity index (χ2n) is 4.72. The van der Waals surface area contributed by atoms with E-state index in [1.165, 1.54) is 24.6 Å². The van der Waals surface area contributed by atoms with Crippen LogP contribution in [-0.4, -0.2) is 21.0 Å². The lowest BCUT2D eigenvalue weighted by Gasteiger charge is -2.20. The van der Waals surface area contributed by atoms with Gasteiger partial charge in [0.25, 0.3) is 0 Å². The van der Waals surface area contributed by atoms with Crippen molar-refractivity contribution in [1.29, 1.82) is 0 Å². The minimum atomic E-state index is -1.12. The van der Waals surface area contributed by atoms with Crippen LogP contribution in [0.5, 0.6) is 0 Å². The van der Waals surface area contributed by atoms with Crippen molar-refractivity contribution >= 4 is 16.6 Å². The second kappa shape index (κ2) is 6.23. The van der Waals surface area contributed by atoms with E-state index in [9.17, 15) is 13.4 Å². The first-order chi connectivity index (χ1) is 8.66. The van der Waals surface area contributed by atoms with E-state index in [0.717, 1.165) is 25.7 Å². The van der Waals surface area contributed by atoms with Crippen molar-refractivity contribution < 1.29 is 13.4 Å². The van der Waals surface area contributed by atoms with E-state index >= 15 is 0 Å². The predicted molar refractivity (Wildman–Crippen MR) is 70.6 cm³/mol. The highest BCUT2D eigenvalue weighted by Crippen LogP contribution is 2.22. The van der Waals surface area contributed by atoms with Crippen LogP contribution in [0.15, 0.2) is 24.3 Å². The van der Waals surface area contributed by atoms with E-state index in [1.807, 2.05) is 0 Å². The first-order valence-corrected chi connectivity index (χ1v) is 7.71. The van der Waals surface area contributed by atoms with E-state index < -0.39 is 16.6 Å². The Balaban J connectivity index is 1.96. The molecule has 98 valence electrons. The molecule has 0 radical (unpaired) electrons. The van der Waals surface area contributed by atoms with Gasteiger partial charge in [-0.15, -0.1) is 0 Å². The highest BCUT2D eigenvalue weighted by atomic mass is 32.2. The van der Waals surface area contributed by atoms with Gasteiger partial charge in [-0.3, -0.25) is 9.00 Å². The van der Waals surface area contributed by atoms with E-state index in [2.05, 4.69) is 0 Å². The van der Waals surface area contributed by atoms with Crippen LogP contribution < -0.4 is 0 Å². The average Bonchev–Trinajstić information content (AvgIpc) is 2.39. The molecule has 0 N–H and O–H groups in total. The van der Waals surface area contributed by atoms with Crippen LogP contribution >= 0.6 is 0 Å². The van der Waals surface area contributed by atoms with Crippen molar-refractivity contribution in [3.05, 3.63) is 35.6 Å². The SMILES string of the molecule is O=C(CS(=O)C1CCCCC1)c1cccc(F)c1. The summed E-state index contributed by atoms with van der Waals surface area (Å²) in [4.78, 5) is 11.9. The first-order valence-electron chi connectivity index (χ1n) is 6.33. The summed E-state index contributed by atoms with van der Waals surface area (Å²) in [5, 5.41) is 0.149. The average molecular weight is 268 g/mol. The van der Waals surface area contributed by atoms with Crippen LogP contribution in [0, 0.1) is 5.82 Å². The van der Waals surface area contributed by atoms with Crippen LogP contribution in [0.4, 0.5) is 4.39 Å². The van der Waals surface area contributed by atoms with Gasteiger partial charge in [-0.05, 0) is 25.0 Å². The highest BCUT2D eigenvalue weighted by molar-refractivity contribution is 7.86. The third-order valence-corrected chi connectivity index (χ3v) is 5.11. The molecule has 1 aliphatic rings. The fraction of sp³-hybridized carbons (Fsp3) is 0.500. The summed E-state index contributed by atoms with van der Waals surface area (Å²) in [6.07, 6.45) is 5.30. The smallest absolute Gasteiger partial charge is 0.175 e. The van der Waals surface area contributed by atoms with Crippen LogP contribution in [0.2, 0.25) is 0 Å². The molecule has 0 heterocycles. The molecule has 0 aliphatic heterocycles. The Hall–Kier alpha value is -1.03. The Kier molecular flexibility index (Phi) is 4.64. The third kappa shape index (κ3) is 3.48. The van der Waals surface area contributed by atoms with Gasteiger partial charge < -0.3 is 0 Å². The van der Waals surface area contributed by atoms with E-state index in [-0.39, 0.29) is 16.8 Å². The van der Waals surface area contributed by atoms with Crippen LogP contribution in [0.3, 0.4) is 0 Å². The number of Topliss-reactive ketones (excluding diaryl/α,β-unsaturated/α-hetero) is 1. The fourth-order valence-electron chi connectivity index (χ4n) is 2.32. The molecule has 1 saturated carbocycles. The largest absolute Gasteiger partial charge is 0.293 e. The molecule has 0 amide bonds. The second-order valence-corrected chi connectivity index (χ2v) is 6.44. The van der Waals surface area contributed by atoms with Crippen LogP contribution in [-0.2, 0) is 10.8 Å². The summed E-state index contributed by atoms with van der Waals surface area (Å²) in [5.41, 5.74) is 0.319. The van der Waals surface area contributed by atoms with Crippen molar-refractivity contribution in [1.82, 2.24) is 0 Å². The molecule has 0 saturated heterocycles. The van der Waals surface area contributed by atoms with Crippen molar-refractivity contribution in [2.45, 2.75) is 37.4 Å². The molecule has 2 rings (SSSR count). The molecule has 2 nitrogen and oxygen atoms in total. The number of halogens is 1. The Bertz CT molecular complexity index is 453. The summed E-state index contributed by atoms with van der Waals surface area (Å²) in [5.74, 6) is -0.628. The number of hydrogen-bond donors (Lipinski definition) is 0. The summed E-state index contributed by atoms with van der Waals surface area (Å²) in [6, 6.07) is 5.59. The first kappa shape index (κ1) is 13.4. The number of hydrogen-bond acceptors (Lipinski definition) is 2. The van der Waals surface area contributed by atoms with Gasteiger partial charge in [-0.25, -0.2) is 4.39 Å². The minimum absolute atomic E-state index is 0.0219. The topological polar surface area (TPSA) is 34.1 Å². The molecule has 1 aliphatic carbocycles. The fourth-order valence-corrected chi connectivity index (χ4v) is 3.84. The van der Waals surface area contributed by atoms with Gasteiger partial charge in [0.15, 0.2) is 5.78 Å². The molecular formula is C14H17FO2S. The van der Waals surface area contributed by atoms with Crippen molar-refractivity contribution in [3.63, 3.8) is 0 Å². The zero-order valence-corrected chi connectivity index (χ0v) is 11.0. The lowest BCUT2D eigenvalue weighted by atomic mass is 10.0. The summed E-state index contributed by atoms with van der Waals surface area (Å²) < 4.78 is 25.1. The molecule has 0 spiro atoms. The lowest BCUT2D eigenvalue weighted by molar-refractivity contribution is 0.102. The van der Waals surface area contributed by atoms with Gasteiger partial charge in [-0.1, -0.05) is 31.4 Å². The van der Waals surface area contributed by atoms with Gasteiger partial charge in [0.2, 0.25) is 0 Å². The Morgan fingerprint density at radius 2 is 2.00 bits per heavy atom. The van der Waals surface area contributed by atoms with E-state index in [0.29, 0.717) is 5.56 Å². The maximum Gasteiger partial charge on any atom is 0.175 e. The molecule has 4 heteroatoms. The minimum Gasteiger partial charge on any atom is -0.293 e. The molecule has 1 atom stereocenters. The third-order valence-electron chi connectivity index (χ3n) is 3.34. The Labute approximate surface area is 109 Å². The van der Waals surface area contributed by atoms with Crippen molar-refractivity contribution in [3.8, 4) is 0 Å². The van der Waals surface area contributed by atoms with E-state index in [1.54, 1.807) is 6.07 Å². The molecule has 0 bridgehead atoms. The van der Waals surface area contributed by atoms with Crippen LogP contribution in [0.25, 0.3) is 0 Å². The maximum absolute atomic E-state index is 13.0. The van der Waals surface area contributed by atoms with Gasteiger partial charge in [-0.2, -0.15) is 0 Å². The van der Waals surface area contributed by atoms with E-state index in [4.69, 9.17) is 0 Å². The molecule has 0 aromatic heterocycles. The normalized spacial score (nSPS) is 18.5. The number of ketones is 1. The zero-order valence-electron chi connectivity index (χ0n) is 10.2. The lowest BCUT2D eigenvalue weighted by Crippen LogP contribution is -2.24.